The van der Waals surface area contributed by atoms with E-state index in [2.05, 4.69) is 15.0 Å². The van der Waals surface area contributed by atoms with Crippen LogP contribution in [0.4, 0.5) is 0 Å². The first-order valence-electron chi connectivity index (χ1n) is 8.53. The summed E-state index contributed by atoms with van der Waals surface area (Å²) in [6, 6.07) is 7.35. The zero-order valence-electron chi connectivity index (χ0n) is 14.2. The van der Waals surface area contributed by atoms with Gasteiger partial charge in [0.05, 0.1) is 29.4 Å². The number of benzene rings is 1. The topological polar surface area (TPSA) is 69.9 Å². The minimum Gasteiger partial charge on any atom is -0.497 e. The second-order valence-electron chi connectivity index (χ2n) is 6.55. The molecule has 0 atom stereocenters. The van der Waals surface area contributed by atoms with Crippen molar-refractivity contribution in [2.24, 2.45) is 5.92 Å². The Labute approximate surface area is 153 Å². The third-order valence-corrected chi connectivity index (χ3v) is 5.86. The van der Waals surface area contributed by atoms with Gasteiger partial charge in [-0.2, -0.15) is 0 Å². The molecule has 6 nitrogen and oxygen atoms in total. The fourth-order valence-electron chi connectivity index (χ4n) is 3.20. The molecule has 1 aliphatic rings. The molecular formula is C19H16N4O2S. The predicted octanol–water partition coefficient (Wildman–Crippen LogP) is 3.35. The molecule has 1 aromatic carbocycles. The molecule has 0 aliphatic heterocycles. The molecule has 0 saturated heterocycles. The average molecular weight is 364 g/mol. The fourth-order valence-corrected chi connectivity index (χ4v) is 4.25. The van der Waals surface area contributed by atoms with Gasteiger partial charge in [0.1, 0.15) is 27.9 Å². The Morgan fingerprint density at radius 2 is 2.00 bits per heavy atom. The van der Waals surface area contributed by atoms with Gasteiger partial charge in [-0.05, 0) is 49.4 Å². The Morgan fingerprint density at radius 1 is 1.19 bits per heavy atom. The predicted molar refractivity (Wildman–Crippen MR) is 101 cm³/mol. The minimum absolute atomic E-state index is 0.0828. The van der Waals surface area contributed by atoms with Gasteiger partial charge < -0.3 is 4.74 Å². The van der Waals surface area contributed by atoms with Crippen LogP contribution in [0.1, 0.15) is 18.5 Å². The van der Waals surface area contributed by atoms with E-state index < -0.39 is 0 Å². The first kappa shape index (κ1) is 15.5. The number of hydrogen-bond acceptors (Lipinski definition) is 6. The van der Waals surface area contributed by atoms with Crippen molar-refractivity contribution >= 4 is 31.8 Å². The van der Waals surface area contributed by atoms with Gasteiger partial charge in [-0.25, -0.2) is 15.0 Å². The third kappa shape index (κ3) is 2.47. The number of aromatic nitrogens is 4. The molecule has 0 amide bonds. The highest BCUT2D eigenvalue weighted by molar-refractivity contribution is 7.25. The normalized spacial score (nSPS) is 14.2. The molecule has 0 N–H and O–H groups in total. The van der Waals surface area contributed by atoms with Gasteiger partial charge in [0.15, 0.2) is 0 Å². The first-order chi connectivity index (χ1) is 12.7. The van der Waals surface area contributed by atoms with Crippen LogP contribution in [0.25, 0.3) is 26.1 Å². The number of methoxy groups -OCH3 is 1. The van der Waals surface area contributed by atoms with Gasteiger partial charge in [0, 0.05) is 0 Å². The van der Waals surface area contributed by atoms with E-state index in [4.69, 9.17) is 4.74 Å². The molecule has 0 unspecified atom stereocenters. The molecule has 130 valence electrons. The van der Waals surface area contributed by atoms with Crippen molar-refractivity contribution in [2.75, 3.05) is 7.11 Å². The SMILES string of the molecule is COc1ccc(-n2cnc3c(sc4ncnc(CC5CC5)c43)c2=O)cc1. The zero-order valence-corrected chi connectivity index (χ0v) is 15.0. The van der Waals surface area contributed by atoms with E-state index in [9.17, 15) is 4.79 Å². The summed E-state index contributed by atoms with van der Waals surface area (Å²) in [7, 11) is 1.62. The van der Waals surface area contributed by atoms with Crippen LogP contribution >= 0.6 is 11.3 Å². The summed E-state index contributed by atoms with van der Waals surface area (Å²) in [5.74, 6) is 1.46. The largest absolute Gasteiger partial charge is 0.497 e. The quantitative estimate of drug-likeness (QED) is 0.555. The van der Waals surface area contributed by atoms with Crippen LogP contribution in [0.2, 0.25) is 0 Å². The highest BCUT2D eigenvalue weighted by atomic mass is 32.1. The van der Waals surface area contributed by atoms with Gasteiger partial charge in [-0.1, -0.05) is 0 Å². The van der Waals surface area contributed by atoms with E-state index in [0.29, 0.717) is 10.6 Å². The number of fused-ring (bicyclic) bond motifs is 3. The first-order valence-corrected chi connectivity index (χ1v) is 9.34. The van der Waals surface area contributed by atoms with Crippen molar-refractivity contribution in [1.29, 1.82) is 0 Å². The number of thiophene rings is 1. The highest BCUT2D eigenvalue weighted by Crippen LogP contribution is 2.36. The summed E-state index contributed by atoms with van der Waals surface area (Å²) >= 11 is 1.39. The Bertz CT molecular complexity index is 1180. The Hall–Kier alpha value is -2.80. The Morgan fingerprint density at radius 3 is 2.73 bits per heavy atom. The monoisotopic (exact) mass is 364 g/mol. The van der Waals surface area contributed by atoms with E-state index in [1.54, 1.807) is 24.3 Å². The van der Waals surface area contributed by atoms with Gasteiger partial charge >= 0.3 is 0 Å². The summed E-state index contributed by atoms with van der Waals surface area (Å²) in [6.07, 6.45) is 6.63. The molecule has 26 heavy (non-hydrogen) atoms. The van der Waals surface area contributed by atoms with Crippen molar-refractivity contribution in [3.8, 4) is 11.4 Å². The van der Waals surface area contributed by atoms with Crippen LogP contribution in [-0.4, -0.2) is 26.6 Å². The maximum absolute atomic E-state index is 13.1. The standard InChI is InChI=1S/C19H16N4O2S/c1-25-13-6-4-12(5-7-13)23-10-22-16-15-14(8-11-2-3-11)20-9-21-18(15)26-17(16)19(23)24/h4-7,9-11H,2-3,8H2,1H3. The molecule has 3 aromatic heterocycles. The number of rotatable bonds is 4. The van der Waals surface area contributed by atoms with Crippen LogP contribution < -0.4 is 10.3 Å². The highest BCUT2D eigenvalue weighted by Gasteiger charge is 2.25. The number of nitrogens with zero attached hydrogens (tertiary/aromatic N) is 4. The lowest BCUT2D eigenvalue weighted by Crippen LogP contribution is -2.17. The molecule has 1 saturated carbocycles. The van der Waals surface area contributed by atoms with Gasteiger partial charge in [0.25, 0.3) is 5.56 Å². The van der Waals surface area contributed by atoms with E-state index in [0.717, 1.165) is 39.3 Å². The zero-order chi connectivity index (χ0) is 17.7. The smallest absolute Gasteiger partial charge is 0.275 e. The van der Waals surface area contributed by atoms with Crippen LogP contribution in [0.5, 0.6) is 5.75 Å². The average Bonchev–Trinajstić information content (AvgIpc) is 3.40. The van der Waals surface area contributed by atoms with Gasteiger partial charge in [-0.3, -0.25) is 9.36 Å². The second kappa shape index (κ2) is 5.88. The summed E-state index contributed by atoms with van der Waals surface area (Å²) in [5, 5.41) is 0.943. The molecule has 5 rings (SSSR count). The Kier molecular flexibility index (Phi) is 3.49. The lowest BCUT2D eigenvalue weighted by molar-refractivity contribution is 0.414. The molecule has 3 heterocycles. The van der Waals surface area contributed by atoms with E-state index in [1.807, 2.05) is 24.3 Å². The Balaban J connectivity index is 1.70. The minimum atomic E-state index is -0.0828. The molecule has 7 heteroatoms. The van der Waals surface area contributed by atoms with Crippen molar-refractivity contribution in [3.63, 3.8) is 0 Å². The maximum Gasteiger partial charge on any atom is 0.275 e. The second-order valence-corrected chi connectivity index (χ2v) is 7.54. The van der Waals surface area contributed by atoms with Crippen LogP contribution in [-0.2, 0) is 6.42 Å². The molecule has 1 fully saturated rings. The summed E-state index contributed by atoms with van der Waals surface area (Å²) in [4.78, 5) is 27.3. The maximum atomic E-state index is 13.1. The number of hydrogen-bond donors (Lipinski definition) is 0. The van der Waals surface area contributed by atoms with Crippen molar-refractivity contribution in [2.45, 2.75) is 19.3 Å². The van der Waals surface area contributed by atoms with Crippen molar-refractivity contribution in [3.05, 3.63) is 53.0 Å². The lowest BCUT2D eigenvalue weighted by Gasteiger charge is -2.06. The van der Waals surface area contributed by atoms with E-state index >= 15 is 0 Å². The van der Waals surface area contributed by atoms with E-state index in [1.165, 1.54) is 24.2 Å². The molecule has 0 spiro atoms. The van der Waals surface area contributed by atoms with Crippen LogP contribution in [0.15, 0.2) is 41.7 Å². The summed E-state index contributed by atoms with van der Waals surface area (Å²) in [6.45, 7) is 0. The van der Waals surface area contributed by atoms with Gasteiger partial charge in [0.2, 0.25) is 0 Å². The van der Waals surface area contributed by atoms with Gasteiger partial charge in [-0.15, -0.1) is 11.3 Å². The lowest BCUT2D eigenvalue weighted by atomic mass is 10.1. The van der Waals surface area contributed by atoms with Crippen LogP contribution in [0.3, 0.4) is 0 Å². The number of ether oxygens (including phenoxy) is 1. The van der Waals surface area contributed by atoms with Crippen molar-refractivity contribution in [1.82, 2.24) is 19.5 Å². The third-order valence-electron chi connectivity index (χ3n) is 4.79. The van der Waals surface area contributed by atoms with E-state index in [-0.39, 0.29) is 5.56 Å². The molecule has 4 aromatic rings. The molecule has 0 radical (unpaired) electrons. The fraction of sp³-hybridized carbons (Fsp3) is 0.263. The molecule has 1 aliphatic carbocycles. The summed E-state index contributed by atoms with van der Waals surface area (Å²) in [5.41, 5.74) is 2.40. The van der Waals surface area contributed by atoms with Crippen LogP contribution in [0, 0.1) is 5.92 Å². The molecular weight excluding hydrogens is 348 g/mol. The molecule has 0 bridgehead atoms. The summed E-state index contributed by atoms with van der Waals surface area (Å²) < 4.78 is 7.36. The van der Waals surface area contributed by atoms with Crippen molar-refractivity contribution < 1.29 is 4.74 Å².